The predicted molar refractivity (Wildman–Crippen MR) is 127 cm³/mol. The first-order valence-electron chi connectivity index (χ1n) is 10.9. The van der Waals surface area contributed by atoms with Crippen molar-refractivity contribution in [3.8, 4) is 5.75 Å². The standard InChI is InChI=1S/C23H27ClN2O8S/c1-23(2,3)34-22(31)19(24)26-20(30)18(25-16(28)11-32-14-7-5-4-6-8-14)21(26)35-12-15(27)13-9-17(29)33-10-13/h4-8,13,18-19,21H,9-12H2,1-3H3,(H,25,28)/t13?,18-,19?,21-/m1/s1. The first-order chi connectivity index (χ1) is 16.5. The highest BCUT2D eigenvalue weighted by molar-refractivity contribution is 8.00. The molecule has 0 aliphatic carbocycles. The van der Waals surface area contributed by atoms with Crippen molar-refractivity contribution in [2.45, 2.75) is 49.7 Å². The summed E-state index contributed by atoms with van der Waals surface area (Å²) in [7, 11) is 0. The minimum Gasteiger partial charge on any atom is -0.484 e. The van der Waals surface area contributed by atoms with E-state index in [0.717, 1.165) is 16.7 Å². The number of Topliss-reactive ketones (excluding diaryl/α,β-unsaturated/α-hetero) is 1. The Balaban J connectivity index is 1.65. The molecule has 35 heavy (non-hydrogen) atoms. The molecule has 2 saturated heterocycles. The number of ketones is 1. The first-order valence-corrected chi connectivity index (χ1v) is 12.4. The summed E-state index contributed by atoms with van der Waals surface area (Å²) in [6.07, 6.45) is -0.000264. The summed E-state index contributed by atoms with van der Waals surface area (Å²) in [5.74, 6) is -2.79. The number of benzene rings is 1. The molecule has 1 aromatic rings. The molecule has 4 atom stereocenters. The number of esters is 2. The van der Waals surface area contributed by atoms with Crippen LogP contribution in [0.1, 0.15) is 27.2 Å². The lowest BCUT2D eigenvalue weighted by atomic mass is 10.1. The largest absolute Gasteiger partial charge is 0.484 e. The number of cyclic esters (lactones) is 1. The van der Waals surface area contributed by atoms with Crippen LogP contribution in [-0.4, -0.2) is 75.9 Å². The third kappa shape index (κ3) is 7.11. The van der Waals surface area contributed by atoms with Crippen molar-refractivity contribution in [3.05, 3.63) is 30.3 Å². The van der Waals surface area contributed by atoms with Crippen molar-refractivity contribution in [3.63, 3.8) is 0 Å². The van der Waals surface area contributed by atoms with Crippen molar-refractivity contribution < 1.29 is 38.2 Å². The Hall–Kier alpha value is -2.79. The van der Waals surface area contributed by atoms with E-state index >= 15 is 0 Å². The van der Waals surface area contributed by atoms with Crippen LogP contribution in [0.3, 0.4) is 0 Å². The summed E-state index contributed by atoms with van der Waals surface area (Å²) in [6, 6.07) is 7.66. The van der Waals surface area contributed by atoms with E-state index in [1.807, 2.05) is 0 Å². The van der Waals surface area contributed by atoms with Gasteiger partial charge in [-0.2, -0.15) is 0 Å². The number of hydrogen-bond donors (Lipinski definition) is 1. The summed E-state index contributed by atoms with van der Waals surface area (Å²) in [5, 5.41) is 1.78. The monoisotopic (exact) mass is 526 g/mol. The first kappa shape index (κ1) is 26.8. The molecular weight excluding hydrogens is 500 g/mol. The van der Waals surface area contributed by atoms with Gasteiger partial charge in [-0.1, -0.05) is 29.8 Å². The van der Waals surface area contributed by atoms with Crippen molar-refractivity contribution in [2.24, 2.45) is 5.92 Å². The number of carbonyl (C=O) groups excluding carboxylic acids is 5. The van der Waals surface area contributed by atoms with E-state index in [1.165, 1.54) is 0 Å². The summed E-state index contributed by atoms with van der Waals surface area (Å²) in [4.78, 5) is 62.7. The van der Waals surface area contributed by atoms with E-state index in [2.05, 4.69) is 5.32 Å². The number of amides is 2. The number of halogens is 1. The minimum atomic E-state index is -1.44. The fourth-order valence-corrected chi connectivity index (χ4v) is 5.05. The second-order valence-electron chi connectivity index (χ2n) is 9.01. The van der Waals surface area contributed by atoms with Crippen LogP contribution in [0.25, 0.3) is 0 Å². The van der Waals surface area contributed by atoms with Crippen LogP contribution in [0, 0.1) is 5.92 Å². The second kappa shape index (κ2) is 11.3. The fraction of sp³-hybridized carbons (Fsp3) is 0.522. The molecule has 1 aromatic carbocycles. The van der Waals surface area contributed by atoms with Crippen molar-refractivity contribution >= 4 is 52.9 Å². The highest BCUT2D eigenvalue weighted by Crippen LogP contribution is 2.35. The number of hydrogen-bond acceptors (Lipinski definition) is 9. The molecule has 2 heterocycles. The molecule has 10 nitrogen and oxygen atoms in total. The van der Waals surface area contributed by atoms with Crippen molar-refractivity contribution in [1.29, 1.82) is 0 Å². The van der Waals surface area contributed by atoms with E-state index in [1.54, 1.807) is 51.1 Å². The Morgan fingerprint density at radius 2 is 1.91 bits per heavy atom. The predicted octanol–water partition coefficient (Wildman–Crippen LogP) is 1.49. The van der Waals surface area contributed by atoms with Gasteiger partial charge in [0.25, 0.3) is 11.8 Å². The van der Waals surface area contributed by atoms with Gasteiger partial charge in [-0.05, 0) is 32.9 Å². The van der Waals surface area contributed by atoms with Crippen molar-refractivity contribution in [1.82, 2.24) is 10.2 Å². The Morgan fingerprint density at radius 1 is 1.23 bits per heavy atom. The molecule has 2 unspecified atom stereocenters. The number of ether oxygens (including phenoxy) is 3. The number of nitrogens with one attached hydrogen (secondary N) is 1. The SMILES string of the molecule is CC(C)(C)OC(=O)C(Cl)N1C(=O)[C@@H](NC(=O)COc2ccccc2)[C@H]1SCC(=O)C1COC(=O)C1. The highest BCUT2D eigenvalue weighted by Gasteiger charge is 2.53. The smallest absolute Gasteiger partial charge is 0.345 e. The average molecular weight is 527 g/mol. The maximum absolute atomic E-state index is 12.9. The lowest BCUT2D eigenvalue weighted by Gasteiger charge is -2.48. The molecule has 12 heteroatoms. The number of carbonyl (C=O) groups is 5. The van der Waals surface area contributed by atoms with E-state index < -0.39 is 52.2 Å². The zero-order chi connectivity index (χ0) is 25.8. The molecule has 3 rings (SSSR count). The third-order valence-electron chi connectivity index (χ3n) is 5.07. The molecule has 0 bridgehead atoms. The van der Waals surface area contributed by atoms with Crippen LogP contribution in [0.5, 0.6) is 5.75 Å². The molecule has 2 aliphatic heterocycles. The lowest BCUT2D eigenvalue weighted by molar-refractivity contribution is -0.167. The fourth-order valence-electron chi connectivity index (χ4n) is 3.39. The van der Waals surface area contributed by atoms with Gasteiger partial charge in [-0.3, -0.25) is 24.1 Å². The Bertz CT molecular complexity index is 983. The summed E-state index contributed by atoms with van der Waals surface area (Å²) in [5.41, 5.74) is -2.27. The van der Waals surface area contributed by atoms with Crippen LogP contribution in [0.15, 0.2) is 30.3 Å². The van der Waals surface area contributed by atoms with E-state index in [-0.39, 0.29) is 31.2 Å². The van der Waals surface area contributed by atoms with E-state index in [9.17, 15) is 24.0 Å². The molecule has 0 saturated carbocycles. The average Bonchev–Trinajstić information content (AvgIpc) is 3.24. The molecule has 1 N–H and O–H groups in total. The number of nitrogens with zero attached hydrogens (tertiary/aromatic N) is 1. The van der Waals surface area contributed by atoms with Gasteiger partial charge in [0.15, 0.2) is 6.61 Å². The van der Waals surface area contributed by atoms with Gasteiger partial charge in [0.1, 0.15) is 35.2 Å². The Kier molecular flexibility index (Phi) is 8.65. The zero-order valence-corrected chi connectivity index (χ0v) is 21.1. The van der Waals surface area contributed by atoms with Crippen LogP contribution < -0.4 is 10.1 Å². The molecule has 0 aromatic heterocycles. The zero-order valence-electron chi connectivity index (χ0n) is 19.5. The molecule has 0 radical (unpaired) electrons. The molecule has 2 aliphatic rings. The van der Waals surface area contributed by atoms with Gasteiger partial charge >= 0.3 is 11.9 Å². The number of para-hydroxylation sites is 1. The van der Waals surface area contributed by atoms with Crippen LogP contribution in [0.2, 0.25) is 0 Å². The minimum absolute atomic E-state index is 0.000264. The van der Waals surface area contributed by atoms with Gasteiger partial charge < -0.3 is 19.5 Å². The number of thioether (sulfide) groups is 1. The summed E-state index contributed by atoms with van der Waals surface area (Å²) >= 11 is 7.30. The highest BCUT2D eigenvalue weighted by atomic mass is 35.5. The summed E-state index contributed by atoms with van der Waals surface area (Å²) in [6.45, 7) is 4.68. The Morgan fingerprint density at radius 3 is 2.51 bits per heavy atom. The molecule has 2 amide bonds. The number of rotatable bonds is 10. The number of alkyl halides is 1. The molecule has 190 valence electrons. The van der Waals surface area contributed by atoms with Crippen LogP contribution >= 0.6 is 23.4 Å². The van der Waals surface area contributed by atoms with Gasteiger partial charge in [0, 0.05) is 0 Å². The molecule has 0 spiro atoms. The number of β-lactam (4-membered cyclic amide) rings is 1. The van der Waals surface area contributed by atoms with Gasteiger partial charge in [0.2, 0.25) is 5.50 Å². The topological polar surface area (TPSA) is 128 Å². The molecular formula is C23H27ClN2O8S. The van der Waals surface area contributed by atoms with Gasteiger partial charge in [-0.25, -0.2) is 4.79 Å². The maximum atomic E-state index is 12.9. The normalized spacial score (nSPS) is 22.6. The summed E-state index contributed by atoms with van der Waals surface area (Å²) < 4.78 is 15.5. The van der Waals surface area contributed by atoms with Gasteiger partial charge in [-0.15, -0.1) is 11.8 Å². The van der Waals surface area contributed by atoms with Crippen LogP contribution in [0.4, 0.5) is 0 Å². The quantitative estimate of drug-likeness (QED) is 0.209. The second-order valence-corrected chi connectivity index (χ2v) is 10.5. The van der Waals surface area contributed by atoms with E-state index in [0.29, 0.717) is 5.75 Å². The molecule has 2 fully saturated rings. The van der Waals surface area contributed by atoms with Crippen molar-refractivity contribution in [2.75, 3.05) is 19.0 Å². The maximum Gasteiger partial charge on any atom is 0.345 e. The van der Waals surface area contributed by atoms with Gasteiger partial charge in [0.05, 0.1) is 18.1 Å². The lowest BCUT2D eigenvalue weighted by Crippen LogP contribution is -2.72. The van der Waals surface area contributed by atoms with Crippen LogP contribution in [-0.2, 0) is 33.4 Å². The third-order valence-corrected chi connectivity index (χ3v) is 6.75. The van der Waals surface area contributed by atoms with E-state index in [4.69, 9.17) is 25.8 Å². The number of likely N-dealkylation sites (tertiary alicyclic amines) is 1. The Labute approximate surface area is 212 Å².